The second-order valence-corrected chi connectivity index (χ2v) is 5.87. The summed E-state index contributed by atoms with van der Waals surface area (Å²) in [4.78, 5) is 23.7. The van der Waals surface area contributed by atoms with E-state index in [1.807, 2.05) is 19.9 Å². The molecule has 6 heteroatoms. The summed E-state index contributed by atoms with van der Waals surface area (Å²) in [5.41, 5.74) is 1.54. The van der Waals surface area contributed by atoms with E-state index >= 15 is 0 Å². The number of carbonyl (C=O) groups is 2. The zero-order valence-corrected chi connectivity index (χ0v) is 13.0. The number of hydrogen-bond donors (Lipinski definition) is 2. The van der Waals surface area contributed by atoms with Crippen molar-refractivity contribution < 1.29 is 9.59 Å². The molecule has 0 aliphatic carbocycles. The fourth-order valence-electron chi connectivity index (χ4n) is 1.66. The zero-order valence-electron chi connectivity index (χ0n) is 12.2. The number of anilines is 2. The van der Waals surface area contributed by atoms with Gasteiger partial charge in [0, 0.05) is 17.2 Å². The van der Waals surface area contributed by atoms with Crippen molar-refractivity contribution in [2.75, 3.05) is 10.6 Å². The summed E-state index contributed by atoms with van der Waals surface area (Å²) in [5, 5.41) is 16.7. The Morgan fingerprint density at radius 2 is 1.82 bits per heavy atom. The predicted octanol–water partition coefficient (Wildman–Crippen LogP) is 3.47. The average Bonchev–Trinajstić information content (AvgIpc) is 2.95. The van der Waals surface area contributed by atoms with Gasteiger partial charge in [-0.15, -0.1) is 11.3 Å². The maximum atomic E-state index is 12.1. The van der Waals surface area contributed by atoms with Crippen LogP contribution in [0.4, 0.5) is 10.7 Å². The van der Waals surface area contributed by atoms with Gasteiger partial charge in [-0.3, -0.25) is 9.59 Å². The maximum Gasteiger partial charge on any atom is 0.256 e. The van der Waals surface area contributed by atoms with Gasteiger partial charge in [-0.2, -0.15) is 5.26 Å². The molecule has 5 nitrogen and oxygen atoms in total. The lowest BCUT2D eigenvalue weighted by atomic mass is 10.1. The Kier molecular flexibility index (Phi) is 4.92. The number of rotatable bonds is 4. The molecule has 0 atom stereocenters. The van der Waals surface area contributed by atoms with E-state index in [0.29, 0.717) is 21.8 Å². The third-order valence-electron chi connectivity index (χ3n) is 2.95. The minimum Gasteiger partial charge on any atom is -0.326 e. The highest BCUT2D eigenvalue weighted by Crippen LogP contribution is 2.23. The zero-order chi connectivity index (χ0) is 16.1. The van der Waals surface area contributed by atoms with Crippen molar-refractivity contribution in [3.63, 3.8) is 0 Å². The standard InChI is InChI=1S/C16H15N3O2S/c1-10(2)14(20)18-13-5-3-11(4-6-13)15(21)19-16-12(9-17)7-8-22-16/h3-8,10H,1-2H3,(H,18,20)(H,19,21). The van der Waals surface area contributed by atoms with E-state index in [-0.39, 0.29) is 17.7 Å². The van der Waals surface area contributed by atoms with Crippen LogP contribution in [-0.4, -0.2) is 11.8 Å². The van der Waals surface area contributed by atoms with Gasteiger partial charge >= 0.3 is 0 Å². The Hall–Kier alpha value is -2.65. The van der Waals surface area contributed by atoms with E-state index in [0.717, 1.165) is 0 Å². The summed E-state index contributed by atoms with van der Waals surface area (Å²) >= 11 is 1.30. The van der Waals surface area contributed by atoms with E-state index in [1.54, 1.807) is 35.7 Å². The Bertz CT molecular complexity index is 727. The molecule has 0 saturated carbocycles. The normalized spacial score (nSPS) is 10.1. The molecule has 1 aromatic carbocycles. The Morgan fingerprint density at radius 3 is 2.41 bits per heavy atom. The van der Waals surface area contributed by atoms with Gasteiger partial charge in [0.25, 0.3) is 5.91 Å². The highest BCUT2D eigenvalue weighted by atomic mass is 32.1. The number of nitrogens with one attached hydrogen (secondary N) is 2. The molecular weight excluding hydrogens is 298 g/mol. The molecule has 0 fully saturated rings. The van der Waals surface area contributed by atoms with Gasteiger partial charge in [0.05, 0.1) is 5.56 Å². The molecular formula is C16H15N3O2S. The van der Waals surface area contributed by atoms with E-state index in [1.165, 1.54) is 11.3 Å². The monoisotopic (exact) mass is 313 g/mol. The van der Waals surface area contributed by atoms with Gasteiger partial charge in [-0.05, 0) is 35.7 Å². The quantitative estimate of drug-likeness (QED) is 0.906. The van der Waals surface area contributed by atoms with Gasteiger partial charge in [-0.25, -0.2) is 0 Å². The van der Waals surface area contributed by atoms with Gasteiger partial charge < -0.3 is 10.6 Å². The lowest BCUT2D eigenvalue weighted by Gasteiger charge is -2.08. The summed E-state index contributed by atoms with van der Waals surface area (Å²) in [5.74, 6) is -0.471. The van der Waals surface area contributed by atoms with Crippen LogP contribution in [0.1, 0.15) is 29.8 Å². The second-order valence-electron chi connectivity index (χ2n) is 4.95. The number of thiophene rings is 1. The fourth-order valence-corrected chi connectivity index (χ4v) is 2.39. The second kappa shape index (κ2) is 6.87. The Balaban J connectivity index is 2.06. The fraction of sp³-hybridized carbons (Fsp3) is 0.188. The summed E-state index contributed by atoms with van der Waals surface area (Å²) in [6.45, 7) is 3.62. The Labute approximate surface area is 132 Å². The first kappa shape index (κ1) is 15.7. The predicted molar refractivity (Wildman–Crippen MR) is 86.9 cm³/mol. The first-order chi connectivity index (χ1) is 10.5. The molecule has 2 amide bonds. The smallest absolute Gasteiger partial charge is 0.256 e. The molecule has 0 saturated heterocycles. The number of benzene rings is 1. The van der Waals surface area contributed by atoms with Crippen molar-refractivity contribution in [3.8, 4) is 6.07 Å². The SMILES string of the molecule is CC(C)C(=O)Nc1ccc(C(=O)Nc2sccc2C#N)cc1. The number of hydrogen-bond acceptors (Lipinski definition) is 4. The first-order valence-electron chi connectivity index (χ1n) is 6.71. The highest BCUT2D eigenvalue weighted by molar-refractivity contribution is 7.14. The summed E-state index contributed by atoms with van der Waals surface area (Å²) in [6, 6.07) is 10.3. The molecule has 2 N–H and O–H groups in total. The molecule has 2 aromatic rings. The molecule has 2 rings (SSSR count). The average molecular weight is 313 g/mol. The third kappa shape index (κ3) is 3.71. The molecule has 112 valence electrons. The van der Waals surface area contributed by atoms with E-state index in [2.05, 4.69) is 10.6 Å². The highest BCUT2D eigenvalue weighted by Gasteiger charge is 2.11. The number of nitrogens with zero attached hydrogens (tertiary/aromatic N) is 1. The van der Waals surface area contributed by atoms with E-state index in [9.17, 15) is 9.59 Å². The van der Waals surface area contributed by atoms with Crippen LogP contribution < -0.4 is 10.6 Å². The first-order valence-corrected chi connectivity index (χ1v) is 7.59. The van der Waals surface area contributed by atoms with Crippen molar-refractivity contribution >= 4 is 33.8 Å². The van der Waals surface area contributed by atoms with Crippen molar-refractivity contribution in [2.45, 2.75) is 13.8 Å². The van der Waals surface area contributed by atoms with Crippen molar-refractivity contribution in [1.82, 2.24) is 0 Å². The summed E-state index contributed by atoms with van der Waals surface area (Å²) < 4.78 is 0. The van der Waals surface area contributed by atoms with Gasteiger partial charge in [0.1, 0.15) is 11.1 Å². The molecule has 1 aromatic heterocycles. The van der Waals surface area contributed by atoms with Crippen LogP contribution in [0, 0.1) is 17.2 Å². The summed E-state index contributed by atoms with van der Waals surface area (Å²) in [6.07, 6.45) is 0. The van der Waals surface area contributed by atoms with Crippen LogP contribution in [0.2, 0.25) is 0 Å². The maximum absolute atomic E-state index is 12.1. The van der Waals surface area contributed by atoms with Crippen molar-refractivity contribution in [1.29, 1.82) is 5.26 Å². The molecule has 0 spiro atoms. The van der Waals surface area contributed by atoms with E-state index < -0.39 is 0 Å². The minimum atomic E-state index is -0.291. The molecule has 0 radical (unpaired) electrons. The molecule has 22 heavy (non-hydrogen) atoms. The minimum absolute atomic E-state index is 0.0746. The van der Waals surface area contributed by atoms with Crippen LogP contribution in [0.3, 0.4) is 0 Å². The lowest BCUT2D eigenvalue weighted by molar-refractivity contribution is -0.118. The van der Waals surface area contributed by atoms with Crippen LogP contribution in [-0.2, 0) is 4.79 Å². The van der Waals surface area contributed by atoms with Gasteiger partial charge in [0.15, 0.2) is 0 Å². The molecule has 0 unspecified atom stereocenters. The van der Waals surface area contributed by atoms with Gasteiger partial charge in [-0.1, -0.05) is 13.8 Å². The van der Waals surface area contributed by atoms with Crippen LogP contribution in [0.25, 0.3) is 0 Å². The van der Waals surface area contributed by atoms with E-state index in [4.69, 9.17) is 5.26 Å². The topological polar surface area (TPSA) is 82.0 Å². The van der Waals surface area contributed by atoms with Crippen molar-refractivity contribution in [3.05, 3.63) is 46.8 Å². The summed E-state index contributed by atoms with van der Waals surface area (Å²) in [7, 11) is 0. The van der Waals surface area contributed by atoms with Crippen LogP contribution in [0.5, 0.6) is 0 Å². The molecule has 0 aliphatic rings. The van der Waals surface area contributed by atoms with Crippen LogP contribution in [0.15, 0.2) is 35.7 Å². The number of amides is 2. The number of carbonyl (C=O) groups excluding carboxylic acids is 2. The third-order valence-corrected chi connectivity index (χ3v) is 3.78. The molecule has 1 heterocycles. The Morgan fingerprint density at radius 1 is 1.14 bits per heavy atom. The molecule has 0 bridgehead atoms. The molecule has 0 aliphatic heterocycles. The largest absolute Gasteiger partial charge is 0.326 e. The van der Waals surface area contributed by atoms with Crippen molar-refractivity contribution in [2.24, 2.45) is 5.92 Å². The number of nitriles is 1. The van der Waals surface area contributed by atoms with Crippen LogP contribution >= 0.6 is 11.3 Å². The van der Waals surface area contributed by atoms with Gasteiger partial charge in [0.2, 0.25) is 5.91 Å². The lowest BCUT2D eigenvalue weighted by Crippen LogP contribution is -2.18.